The average Bonchev–Trinajstić information content (AvgIpc) is 2.88. The fourth-order valence-corrected chi connectivity index (χ4v) is 1.50. The number of hydrogen-bond donors (Lipinski definition) is 2. The van der Waals surface area contributed by atoms with Crippen molar-refractivity contribution in [3.05, 3.63) is 47.9 Å². The Balaban J connectivity index is 2.04. The summed E-state index contributed by atoms with van der Waals surface area (Å²) < 4.78 is 9.83. The van der Waals surface area contributed by atoms with Gasteiger partial charge in [-0.1, -0.05) is 0 Å². The zero-order valence-electron chi connectivity index (χ0n) is 9.84. The molecule has 18 heavy (non-hydrogen) atoms. The number of rotatable bonds is 4. The van der Waals surface area contributed by atoms with Gasteiger partial charge in [0.05, 0.1) is 25.2 Å². The zero-order valence-corrected chi connectivity index (χ0v) is 9.84. The molecule has 0 saturated carbocycles. The lowest BCUT2D eigenvalue weighted by Crippen LogP contribution is -2.22. The van der Waals surface area contributed by atoms with Crippen molar-refractivity contribution in [3.8, 4) is 11.5 Å². The molecule has 2 aromatic rings. The van der Waals surface area contributed by atoms with Crippen molar-refractivity contribution in [2.45, 2.75) is 6.54 Å². The number of aromatic hydroxyl groups is 1. The van der Waals surface area contributed by atoms with Gasteiger partial charge >= 0.3 is 0 Å². The van der Waals surface area contributed by atoms with Crippen molar-refractivity contribution in [2.24, 2.45) is 0 Å². The summed E-state index contributed by atoms with van der Waals surface area (Å²) in [5.74, 6) is 0.0364. The largest absolute Gasteiger partial charge is 0.507 e. The van der Waals surface area contributed by atoms with E-state index in [4.69, 9.17) is 9.15 Å². The van der Waals surface area contributed by atoms with Crippen LogP contribution in [0.2, 0.25) is 0 Å². The third-order valence-electron chi connectivity index (χ3n) is 2.48. The van der Waals surface area contributed by atoms with Crippen LogP contribution < -0.4 is 10.1 Å². The zero-order chi connectivity index (χ0) is 13.0. The van der Waals surface area contributed by atoms with E-state index in [1.54, 1.807) is 18.4 Å². The summed E-state index contributed by atoms with van der Waals surface area (Å²) in [5, 5.41) is 12.4. The van der Waals surface area contributed by atoms with Gasteiger partial charge in [0, 0.05) is 18.2 Å². The molecule has 1 amide bonds. The Labute approximate surface area is 104 Å². The number of hydrogen-bond acceptors (Lipinski definition) is 4. The van der Waals surface area contributed by atoms with Gasteiger partial charge in [0.2, 0.25) is 0 Å². The topological polar surface area (TPSA) is 71.7 Å². The predicted molar refractivity (Wildman–Crippen MR) is 64.5 cm³/mol. The van der Waals surface area contributed by atoms with Crippen LogP contribution in [0.1, 0.15) is 15.9 Å². The van der Waals surface area contributed by atoms with E-state index in [0.717, 1.165) is 5.56 Å². The summed E-state index contributed by atoms with van der Waals surface area (Å²) in [6, 6.07) is 6.28. The SMILES string of the molecule is COc1ccc(C(=O)NCc2ccoc2)c(O)c1. The number of methoxy groups -OCH3 is 1. The number of phenols is 1. The van der Waals surface area contributed by atoms with Gasteiger partial charge in [0.25, 0.3) is 5.91 Å². The quantitative estimate of drug-likeness (QED) is 0.865. The van der Waals surface area contributed by atoms with Crippen molar-refractivity contribution >= 4 is 5.91 Å². The number of nitrogens with one attached hydrogen (secondary N) is 1. The number of carbonyl (C=O) groups excluding carboxylic acids is 1. The van der Waals surface area contributed by atoms with Crippen LogP contribution in [0.15, 0.2) is 41.2 Å². The lowest BCUT2D eigenvalue weighted by atomic mass is 10.1. The molecule has 5 nitrogen and oxygen atoms in total. The van der Waals surface area contributed by atoms with E-state index in [1.165, 1.54) is 25.5 Å². The van der Waals surface area contributed by atoms with E-state index in [-0.39, 0.29) is 17.2 Å². The van der Waals surface area contributed by atoms with Crippen LogP contribution in [-0.2, 0) is 6.54 Å². The Hall–Kier alpha value is -2.43. The molecular weight excluding hydrogens is 234 g/mol. The van der Waals surface area contributed by atoms with Gasteiger partial charge < -0.3 is 19.6 Å². The van der Waals surface area contributed by atoms with Gasteiger partial charge in [-0.3, -0.25) is 4.79 Å². The molecule has 0 bridgehead atoms. The molecule has 0 fully saturated rings. The Morgan fingerprint density at radius 1 is 1.44 bits per heavy atom. The number of benzene rings is 1. The van der Waals surface area contributed by atoms with Crippen LogP contribution in [0.4, 0.5) is 0 Å². The maximum absolute atomic E-state index is 11.8. The molecule has 1 aromatic heterocycles. The summed E-state index contributed by atoms with van der Waals surface area (Å²) in [6.45, 7) is 0.348. The Morgan fingerprint density at radius 3 is 2.89 bits per heavy atom. The Kier molecular flexibility index (Phi) is 3.52. The van der Waals surface area contributed by atoms with Gasteiger partial charge in [-0.25, -0.2) is 0 Å². The van der Waals surface area contributed by atoms with Crippen LogP contribution in [0.3, 0.4) is 0 Å². The number of amides is 1. The van der Waals surface area contributed by atoms with Crippen LogP contribution >= 0.6 is 0 Å². The van der Waals surface area contributed by atoms with E-state index < -0.39 is 0 Å². The summed E-state index contributed by atoms with van der Waals surface area (Å²) >= 11 is 0. The van der Waals surface area contributed by atoms with Gasteiger partial charge in [0.15, 0.2) is 0 Å². The molecule has 0 saturated heterocycles. The molecule has 5 heteroatoms. The molecule has 2 rings (SSSR count). The highest BCUT2D eigenvalue weighted by Crippen LogP contribution is 2.23. The summed E-state index contributed by atoms with van der Waals surface area (Å²) in [6.07, 6.45) is 3.08. The predicted octanol–water partition coefficient (Wildman–Crippen LogP) is 1.92. The van der Waals surface area contributed by atoms with Gasteiger partial charge in [-0.15, -0.1) is 0 Å². The lowest BCUT2D eigenvalue weighted by Gasteiger charge is -2.07. The van der Waals surface area contributed by atoms with Crippen molar-refractivity contribution in [2.75, 3.05) is 7.11 Å². The van der Waals surface area contributed by atoms with E-state index >= 15 is 0 Å². The first-order chi connectivity index (χ1) is 8.70. The monoisotopic (exact) mass is 247 g/mol. The molecule has 94 valence electrons. The molecule has 0 aliphatic rings. The number of furan rings is 1. The molecule has 1 aromatic carbocycles. The second kappa shape index (κ2) is 5.27. The fraction of sp³-hybridized carbons (Fsp3) is 0.154. The first-order valence-electron chi connectivity index (χ1n) is 5.37. The van der Waals surface area contributed by atoms with Crippen LogP contribution in [-0.4, -0.2) is 18.1 Å². The molecule has 0 unspecified atom stereocenters. The van der Waals surface area contributed by atoms with Crippen molar-refractivity contribution in [3.63, 3.8) is 0 Å². The van der Waals surface area contributed by atoms with E-state index in [1.807, 2.05) is 0 Å². The average molecular weight is 247 g/mol. The van der Waals surface area contributed by atoms with Crippen LogP contribution in [0.5, 0.6) is 11.5 Å². The fourth-order valence-electron chi connectivity index (χ4n) is 1.50. The van der Waals surface area contributed by atoms with Crippen LogP contribution in [0, 0.1) is 0 Å². The second-order valence-electron chi connectivity index (χ2n) is 3.70. The highest BCUT2D eigenvalue weighted by Gasteiger charge is 2.11. The normalized spacial score (nSPS) is 10.1. The van der Waals surface area contributed by atoms with Gasteiger partial charge in [-0.05, 0) is 18.2 Å². The Bertz CT molecular complexity index is 534. The second-order valence-corrected chi connectivity index (χ2v) is 3.70. The number of carbonyl (C=O) groups is 1. The molecule has 0 atom stereocenters. The van der Waals surface area contributed by atoms with E-state index in [2.05, 4.69) is 5.32 Å². The highest BCUT2D eigenvalue weighted by atomic mass is 16.5. The molecule has 0 spiro atoms. The molecule has 1 heterocycles. The highest BCUT2D eigenvalue weighted by molar-refractivity contribution is 5.96. The minimum atomic E-state index is -0.351. The van der Waals surface area contributed by atoms with Crippen molar-refractivity contribution in [1.29, 1.82) is 0 Å². The lowest BCUT2D eigenvalue weighted by molar-refractivity contribution is 0.0948. The Morgan fingerprint density at radius 2 is 2.28 bits per heavy atom. The standard InChI is InChI=1S/C13H13NO4/c1-17-10-2-3-11(12(15)6-10)13(16)14-7-9-4-5-18-8-9/h2-6,8,15H,7H2,1H3,(H,14,16). The number of phenolic OH excluding ortho intramolecular Hbond substituents is 1. The van der Waals surface area contributed by atoms with Crippen LogP contribution in [0.25, 0.3) is 0 Å². The third-order valence-corrected chi connectivity index (χ3v) is 2.48. The van der Waals surface area contributed by atoms with Gasteiger partial charge in [0.1, 0.15) is 11.5 Å². The summed E-state index contributed by atoms with van der Waals surface area (Å²) in [7, 11) is 1.49. The third kappa shape index (κ3) is 2.63. The molecule has 0 aliphatic heterocycles. The first kappa shape index (κ1) is 12.0. The summed E-state index contributed by atoms with van der Waals surface area (Å²) in [4.78, 5) is 11.8. The minimum absolute atomic E-state index is 0.112. The molecular formula is C13H13NO4. The molecule has 0 aliphatic carbocycles. The van der Waals surface area contributed by atoms with E-state index in [9.17, 15) is 9.90 Å². The van der Waals surface area contributed by atoms with Crippen molar-refractivity contribution < 1.29 is 19.1 Å². The summed E-state index contributed by atoms with van der Waals surface area (Å²) in [5.41, 5.74) is 1.07. The molecule has 0 radical (unpaired) electrons. The van der Waals surface area contributed by atoms with Crippen molar-refractivity contribution in [1.82, 2.24) is 5.32 Å². The van der Waals surface area contributed by atoms with E-state index in [0.29, 0.717) is 12.3 Å². The maximum Gasteiger partial charge on any atom is 0.255 e. The van der Waals surface area contributed by atoms with Gasteiger partial charge in [-0.2, -0.15) is 0 Å². The maximum atomic E-state index is 11.8. The smallest absolute Gasteiger partial charge is 0.255 e. The first-order valence-corrected chi connectivity index (χ1v) is 5.37. The minimum Gasteiger partial charge on any atom is -0.507 e. The number of ether oxygens (including phenoxy) is 1. The molecule has 2 N–H and O–H groups in total.